The quantitative estimate of drug-likeness (QED) is 0.607. The summed E-state index contributed by atoms with van der Waals surface area (Å²) in [4.78, 5) is 24.7. The number of carbonyl (C=O) groups is 1. The molecule has 1 N–H and O–H groups in total. The highest BCUT2D eigenvalue weighted by Gasteiger charge is 2.32. The number of hydrogen-bond acceptors (Lipinski definition) is 3. The maximum Gasteiger partial charge on any atom is 0.272 e. The highest BCUT2D eigenvalue weighted by atomic mass is 16.2. The number of aromatic amines is 1. The lowest BCUT2D eigenvalue weighted by Crippen LogP contribution is -2.16. The van der Waals surface area contributed by atoms with Gasteiger partial charge in [0.25, 0.3) is 5.56 Å². The molecule has 0 amide bonds. The monoisotopic (exact) mass is 342 g/mol. The number of fused-ring (bicyclic) bond motifs is 2. The molecule has 2 aromatic heterocycles. The van der Waals surface area contributed by atoms with Gasteiger partial charge in [0.1, 0.15) is 6.07 Å². The minimum atomic E-state index is -0.268. The zero-order valence-corrected chi connectivity index (χ0v) is 13.8. The highest BCUT2D eigenvalue weighted by molar-refractivity contribution is 5.94. The summed E-state index contributed by atoms with van der Waals surface area (Å²) in [6, 6.07) is 15.3. The van der Waals surface area contributed by atoms with Gasteiger partial charge in [-0.2, -0.15) is 5.26 Å². The van der Waals surface area contributed by atoms with E-state index in [4.69, 9.17) is 0 Å². The van der Waals surface area contributed by atoms with Crippen LogP contribution in [0.4, 0.5) is 0 Å². The van der Waals surface area contributed by atoms with Gasteiger partial charge in [0.2, 0.25) is 5.91 Å². The van der Waals surface area contributed by atoms with Crippen molar-refractivity contribution in [3.63, 3.8) is 0 Å². The molecule has 0 saturated heterocycles. The number of nitrogens with zero attached hydrogens (tertiary/aromatic N) is 3. The van der Waals surface area contributed by atoms with Crippen LogP contribution in [-0.2, 0) is 0 Å². The minimum absolute atomic E-state index is 0.00232. The molecule has 26 heavy (non-hydrogen) atoms. The van der Waals surface area contributed by atoms with E-state index in [0.717, 1.165) is 29.4 Å². The van der Waals surface area contributed by atoms with Crippen molar-refractivity contribution < 1.29 is 4.79 Å². The molecule has 1 aliphatic rings. The predicted octanol–water partition coefficient (Wildman–Crippen LogP) is 3.20. The number of nitriles is 1. The Balaban J connectivity index is 1.76. The van der Waals surface area contributed by atoms with E-state index in [1.165, 1.54) is 4.68 Å². The van der Waals surface area contributed by atoms with Crippen LogP contribution in [0.2, 0.25) is 0 Å². The molecule has 0 atom stereocenters. The van der Waals surface area contributed by atoms with Gasteiger partial charge in [0, 0.05) is 23.2 Å². The highest BCUT2D eigenvalue weighted by Crippen LogP contribution is 2.32. The molecule has 1 fully saturated rings. The third kappa shape index (κ3) is 2.04. The third-order valence-electron chi connectivity index (χ3n) is 4.94. The largest absolute Gasteiger partial charge is 0.315 e. The number of para-hydroxylation sites is 1. The number of carbonyl (C=O) groups excluding carboxylic acids is 1. The van der Waals surface area contributed by atoms with E-state index in [1.807, 2.05) is 41.0 Å². The summed E-state index contributed by atoms with van der Waals surface area (Å²) in [6.45, 7) is 0. The van der Waals surface area contributed by atoms with E-state index in [9.17, 15) is 14.9 Å². The van der Waals surface area contributed by atoms with Crippen LogP contribution < -0.4 is 5.56 Å². The van der Waals surface area contributed by atoms with E-state index < -0.39 is 0 Å². The van der Waals surface area contributed by atoms with Crippen LogP contribution in [0.3, 0.4) is 0 Å². The van der Waals surface area contributed by atoms with E-state index in [2.05, 4.69) is 11.2 Å². The Morgan fingerprint density at radius 3 is 2.69 bits per heavy atom. The summed E-state index contributed by atoms with van der Waals surface area (Å²) in [5.74, 6) is -0.0631. The van der Waals surface area contributed by atoms with Crippen molar-refractivity contribution in [1.82, 2.24) is 14.3 Å². The molecule has 2 aromatic carbocycles. The van der Waals surface area contributed by atoms with Crippen LogP contribution in [0, 0.1) is 17.2 Å². The minimum Gasteiger partial charge on any atom is -0.315 e. The summed E-state index contributed by atoms with van der Waals surface area (Å²) in [5.41, 5.74) is 2.59. The number of hydrogen-bond donors (Lipinski definition) is 1. The summed E-state index contributed by atoms with van der Waals surface area (Å²) in [6.07, 6.45) is 3.52. The summed E-state index contributed by atoms with van der Waals surface area (Å²) in [7, 11) is 0. The Bertz CT molecular complexity index is 1300. The average molecular weight is 342 g/mol. The Morgan fingerprint density at radius 1 is 1.12 bits per heavy atom. The van der Waals surface area contributed by atoms with Crippen molar-refractivity contribution in [3.05, 3.63) is 64.6 Å². The van der Waals surface area contributed by atoms with Crippen molar-refractivity contribution in [2.45, 2.75) is 12.8 Å². The van der Waals surface area contributed by atoms with E-state index in [1.54, 1.807) is 12.3 Å². The topological polar surface area (TPSA) is 83.6 Å². The zero-order chi connectivity index (χ0) is 17.8. The Morgan fingerprint density at radius 2 is 1.92 bits per heavy atom. The first-order valence-corrected chi connectivity index (χ1v) is 8.47. The fourth-order valence-corrected chi connectivity index (χ4v) is 3.44. The maximum atomic E-state index is 12.5. The number of H-pyrrole nitrogens is 1. The second-order valence-electron chi connectivity index (χ2n) is 6.63. The number of rotatable bonds is 2. The molecule has 6 nitrogen and oxygen atoms in total. The van der Waals surface area contributed by atoms with Crippen LogP contribution in [0.5, 0.6) is 0 Å². The van der Waals surface area contributed by atoms with Gasteiger partial charge in [-0.1, -0.05) is 18.2 Å². The molecule has 0 bridgehead atoms. The smallest absolute Gasteiger partial charge is 0.272 e. The van der Waals surface area contributed by atoms with Crippen LogP contribution >= 0.6 is 0 Å². The van der Waals surface area contributed by atoms with Gasteiger partial charge in [0.05, 0.1) is 22.0 Å². The molecular weight excluding hydrogens is 328 g/mol. The standard InChI is InChI=1S/C20H14N4O2/c21-10-13-11-23(17-4-2-1-3-15(13)17)14-7-8-16-18(9-14)24(22-19(16)25)20(26)12-5-6-12/h1-4,7-9,11-12H,5-6H2,(H,22,25). The Hall–Kier alpha value is -3.59. The second-order valence-corrected chi connectivity index (χ2v) is 6.63. The lowest BCUT2D eigenvalue weighted by Gasteiger charge is -2.07. The maximum absolute atomic E-state index is 12.5. The molecule has 2 heterocycles. The Labute approximate surface area is 147 Å². The van der Waals surface area contributed by atoms with Crippen LogP contribution in [0.25, 0.3) is 27.5 Å². The molecule has 0 unspecified atom stereocenters. The lowest BCUT2D eigenvalue weighted by atomic mass is 10.2. The van der Waals surface area contributed by atoms with Crippen LogP contribution in [0.1, 0.15) is 23.2 Å². The van der Waals surface area contributed by atoms with Gasteiger partial charge in [-0.3, -0.25) is 14.7 Å². The Kier molecular flexibility index (Phi) is 2.95. The number of nitrogens with one attached hydrogen (secondary N) is 1. The molecule has 0 radical (unpaired) electrons. The summed E-state index contributed by atoms with van der Waals surface area (Å²) >= 11 is 0. The first kappa shape index (κ1) is 14.7. The first-order chi connectivity index (χ1) is 12.7. The van der Waals surface area contributed by atoms with Crippen molar-refractivity contribution in [2.24, 2.45) is 5.92 Å². The molecule has 4 aromatic rings. The fraction of sp³-hybridized carbons (Fsp3) is 0.150. The van der Waals surface area contributed by atoms with Crippen molar-refractivity contribution >= 4 is 27.7 Å². The number of benzene rings is 2. The van der Waals surface area contributed by atoms with Gasteiger partial charge < -0.3 is 4.57 Å². The van der Waals surface area contributed by atoms with Crippen molar-refractivity contribution in [1.29, 1.82) is 5.26 Å². The van der Waals surface area contributed by atoms with Gasteiger partial charge in [0.15, 0.2) is 0 Å². The van der Waals surface area contributed by atoms with Gasteiger partial charge >= 0.3 is 0 Å². The molecule has 6 heteroatoms. The normalized spacial score (nSPS) is 14.0. The predicted molar refractivity (Wildman–Crippen MR) is 97.5 cm³/mol. The molecule has 0 spiro atoms. The van der Waals surface area contributed by atoms with Crippen molar-refractivity contribution in [2.75, 3.05) is 0 Å². The van der Waals surface area contributed by atoms with Crippen molar-refractivity contribution in [3.8, 4) is 11.8 Å². The lowest BCUT2D eigenvalue weighted by molar-refractivity contribution is 0.0875. The van der Waals surface area contributed by atoms with E-state index in [-0.39, 0.29) is 17.4 Å². The van der Waals surface area contributed by atoms with Gasteiger partial charge in [-0.15, -0.1) is 0 Å². The number of aromatic nitrogens is 3. The zero-order valence-electron chi connectivity index (χ0n) is 13.8. The molecule has 126 valence electrons. The van der Waals surface area contributed by atoms with E-state index >= 15 is 0 Å². The van der Waals surface area contributed by atoms with E-state index in [0.29, 0.717) is 16.5 Å². The summed E-state index contributed by atoms with van der Waals surface area (Å²) in [5, 5.41) is 13.4. The fourth-order valence-electron chi connectivity index (χ4n) is 3.44. The molecule has 1 aliphatic carbocycles. The first-order valence-electron chi connectivity index (χ1n) is 8.47. The van der Waals surface area contributed by atoms with Crippen LogP contribution in [0.15, 0.2) is 53.5 Å². The van der Waals surface area contributed by atoms with Gasteiger partial charge in [-0.05, 0) is 37.1 Å². The average Bonchev–Trinajstić information content (AvgIpc) is 3.38. The molecule has 5 rings (SSSR count). The molecule has 0 aliphatic heterocycles. The molecular formula is C20H14N4O2. The van der Waals surface area contributed by atoms with Crippen LogP contribution in [-0.4, -0.2) is 20.3 Å². The summed E-state index contributed by atoms with van der Waals surface area (Å²) < 4.78 is 3.28. The molecule has 1 saturated carbocycles. The van der Waals surface area contributed by atoms with Gasteiger partial charge in [-0.25, -0.2) is 4.68 Å². The SMILES string of the molecule is N#Cc1cn(-c2ccc3c(=O)[nH]n(C(=O)C4CC4)c3c2)c2ccccc12. The third-order valence-corrected chi connectivity index (χ3v) is 4.94. The second kappa shape index (κ2) is 5.20.